The van der Waals surface area contributed by atoms with Gasteiger partial charge in [0.05, 0.1) is 14.2 Å². The first-order chi connectivity index (χ1) is 9.95. The number of benzene rings is 1. The molecule has 21 heavy (non-hydrogen) atoms. The maximum Gasteiger partial charge on any atom is 0.248 e. The third-order valence-corrected chi connectivity index (χ3v) is 5.22. The van der Waals surface area contributed by atoms with Crippen molar-refractivity contribution in [3.05, 3.63) is 23.8 Å². The standard InChI is InChI=1S/C16H21BrF2O2/c1-20-14-4-3-11(10-15(14)21-2)9-13(17)12-5-7-16(18,19)8-6-12/h3-4,10,12-13H,5-9H2,1-2H3. The minimum Gasteiger partial charge on any atom is -0.493 e. The van der Waals surface area contributed by atoms with E-state index in [4.69, 9.17) is 9.47 Å². The van der Waals surface area contributed by atoms with Crippen molar-refractivity contribution in [2.45, 2.75) is 42.9 Å². The average molecular weight is 363 g/mol. The highest BCUT2D eigenvalue weighted by atomic mass is 79.9. The van der Waals surface area contributed by atoms with E-state index < -0.39 is 5.92 Å². The molecule has 1 aromatic rings. The van der Waals surface area contributed by atoms with E-state index in [-0.39, 0.29) is 17.7 Å². The minimum atomic E-state index is -2.47. The molecule has 1 aromatic carbocycles. The van der Waals surface area contributed by atoms with E-state index in [1.165, 1.54) is 0 Å². The lowest BCUT2D eigenvalue weighted by Gasteiger charge is -2.31. The molecule has 1 aliphatic carbocycles. The summed E-state index contributed by atoms with van der Waals surface area (Å²) in [6.07, 6.45) is 1.97. The molecule has 2 rings (SSSR count). The van der Waals surface area contributed by atoms with Crippen LogP contribution in [0, 0.1) is 5.92 Å². The molecule has 0 aromatic heterocycles. The zero-order valence-electron chi connectivity index (χ0n) is 12.4. The van der Waals surface area contributed by atoms with Crippen LogP contribution in [0.25, 0.3) is 0 Å². The van der Waals surface area contributed by atoms with E-state index in [2.05, 4.69) is 15.9 Å². The van der Waals surface area contributed by atoms with Gasteiger partial charge in [-0.05, 0) is 42.9 Å². The molecule has 2 nitrogen and oxygen atoms in total. The van der Waals surface area contributed by atoms with E-state index in [9.17, 15) is 8.78 Å². The number of hydrogen-bond acceptors (Lipinski definition) is 2. The van der Waals surface area contributed by atoms with Gasteiger partial charge in [0.2, 0.25) is 5.92 Å². The van der Waals surface area contributed by atoms with Crippen molar-refractivity contribution in [3.63, 3.8) is 0 Å². The first-order valence-corrected chi connectivity index (χ1v) is 8.09. The average Bonchev–Trinajstić information content (AvgIpc) is 2.46. The van der Waals surface area contributed by atoms with E-state index in [1.54, 1.807) is 14.2 Å². The van der Waals surface area contributed by atoms with Crippen LogP contribution in [0.1, 0.15) is 31.2 Å². The fourth-order valence-electron chi connectivity index (χ4n) is 2.82. The number of ether oxygens (including phenoxy) is 2. The number of hydrogen-bond donors (Lipinski definition) is 0. The fraction of sp³-hybridized carbons (Fsp3) is 0.625. The van der Waals surface area contributed by atoms with Crippen LogP contribution in [-0.4, -0.2) is 25.0 Å². The molecule has 0 amide bonds. The molecule has 1 aliphatic rings. The van der Waals surface area contributed by atoms with E-state index >= 15 is 0 Å². The van der Waals surface area contributed by atoms with Crippen molar-refractivity contribution < 1.29 is 18.3 Å². The van der Waals surface area contributed by atoms with Crippen LogP contribution in [0.4, 0.5) is 8.78 Å². The lowest BCUT2D eigenvalue weighted by Crippen LogP contribution is -2.29. The number of alkyl halides is 3. The molecular formula is C16H21BrF2O2. The maximum absolute atomic E-state index is 13.2. The van der Waals surface area contributed by atoms with Gasteiger partial charge in [-0.15, -0.1) is 0 Å². The summed E-state index contributed by atoms with van der Waals surface area (Å²) >= 11 is 3.68. The summed E-state index contributed by atoms with van der Waals surface area (Å²) in [5.74, 6) is -0.765. The Bertz CT molecular complexity index is 469. The highest BCUT2D eigenvalue weighted by molar-refractivity contribution is 9.09. The minimum absolute atomic E-state index is 0.00566. The SMILES string of the molecule is COc1ccc(CC(Br)C2CCC(F)(F)CC2)cc1OC. The maximum atomic E-state index is 13.2. The van der Waals surface area contributed by atoms with Crippen LogP contribution in [-0.2, 0) is 6.42 Å². The topological polar surface area (TPSA) is 18.5 Å². The summed E-state index contributed by atoms with van der Waals surface area (Å²) in [4.78, 5) is 0.215. The molecule has 1 fully saturated rings. The van der Waals surface area contributed by atoms with Gasteiger partial charge in [-0.3, -0.25) is 0 Å². The van der Waals surface area contributed by atoms with Crippen molar-refractivity contribution >= 4 is 15.9 Å². The number of methoxy groups -OCH3 is 2. The highest BCUT2D eigenvalue weighted by Gasteiger charge is 2.36. The van der Waals surface area contributed by atoms with Gasteiger partial charge in [0.25, 0.3) is 0 Å². The van der Waals surface area contributed by atoms with Crippen molar-refractivity contribution in [1.82, 2.24) is 0 Å². The molecule has 1 atom stereocenters. The van der Waals surface area contributed by atoms with Crippen LogP contribution in [0.3, 0.4) is 0 Å². The summed E-state index contributed by atoms with van der Waals surface area (Å²) in [6.45, 7) is 0. The molecule has 1 saturated carbocycles. The lowest BCUT2D eigenvalue weighted by molar-refractivity contribution is -0.0456. The zero-order valence-corrected chi connectivity index (χ0v) is 14.0. The Morgan fingerprint density at radius 3 is 2.38 bits per heavy atom. The molecule has 1 unspecified atom stereocenters. The normalized spacial score (nSPS) is 20.0. The molecule has 0 aliphatic heterocycles. The molecule has 5 heteroatoms. The number of halogens is 3. The second kappa shape index (κ2) is 6.95. The first-order valence-electron chi connectivity index (χ1n) is 7.18. The molecule has 0 bridgehead atoms. The molecular weight excluding hydrogens is 342 g/mol. The molecule has 0 spiro atoms. The van der Waals surface area contributed by atoms with E-state index in [1.807, 2.05) is 18.2 Å². The van der Waals surface area contributed by atoms with Gasteiger partial charge in [0.15, 0.2) is 11.5 Å². The Morgan fingerprint density at radius 1 is 1.19 bits per heavy atom. The zero-order chi connectivity index (χ0) is 15.5. The van der Waals surface area contributed by atoms with Gasteiger partial charge in [0, 0.05) is 17.7 Å². The van der Waals surface area contributed by atoms with Crippen LogP contribution < -0.4 is 9.47 Å². The Kier molecular flexibility index (Phi) is 5.47. The Hall–Kier alpha value is -0.840. The van der Waals surface area contributed by atoms with Gasteiger partial charge in [-0.1, -0.05) is 22.0 Å². The predicted octanol–water partition coefficient (Wildman–Crippen LogP) is 4.84. The Balaban J connectivity index is 1.98. The fourth-order valence-corrected chi connectivity index (χ4v) is 3.73. The summed E-state index contributed by atoms with van der Waals surface area (Å²) in [5.41, 5.74) is 1.12. The van der Waals surface area contributed by atoms with Gasteiger partial charge in [-0.25, -0.2) is 8.78 Å². The van der Waals surface area contributed by atoms with Crippen molar-refractivity contribution in [2.24, 2.45) is 5.92 Å². The van der Waals surface area contributed by atoms with Crippen LogP contribution in [0.5, 0.6) is 11.5 Å². The Labute approximate surface area is 133 Å². The van der Waals surface area contributed by atoms with Gasteiger partial charge in [0.1, 0.15) is 0 Å². The van der Waals surface area contributed by atoms with Crippen molar-refractivity contribution in [2.75, 3.05) is 14.2 Å². The van der Waals surface area contributed by atoms with Crippen molar-refractivity contribution in [3.8, 4) is 11.5 Å². The monoisotopic (exact) mass is 362 g/mol. The highest BCUT2D eigenvalue weighted by Crippen LogP contribution is 2.40. The third-order valence-electron chi connectivity index (χ3n) is 4.15. The second-order valence-corrected chi connectivity index (χ2v) is 6.78. The van der Waals surface area contributed by atoms with Crippen LogP contribution >= 0.6 is 15.9 Å². The Morgan fingerprint density at radius 2 is 1.81 bits per heavy atom. The molecule has 118 valence electrons. The third kappa shape index (κ3) is 4.31. The molecule has 0 saturated heterocycles. The molecule has 0 N–H and O–H groups in total. The van der Waals surface area contributed by atoms with Gasteiger partial charge >= 0.3 is 0 Å². The summed E-state index contributed by atoms with van der Waals surface area (Å²) in [6, 6.07) is 5.82. The van der Waals surface area contributed by atoms with Crippen LogP contribution in [0.2, 0.25) is 0 Å². The second-order valence-electron chi connectivity index (χ2n) is 5.60. The van der Waals surface area contributed by atoms with Crippen LogP contribution in [0.15, 0.2) is 18.2 Å². The molecule has 0 heterocycles. The van der Waals surface area contributed by atoms with E-state index in [0.29, 0.717) is 30.3 Å². The summed E-state index contributed by atoms with van der Waals surface area (Å²) in [5, 5.41) is 0. The largest absolute Gasteiger partial charge is 0.493 e. The quantitative estimate of drug-likeness (QED) is 0.698. The molecule has 0 radical (unpaired) electrons. The van der Waals surface area contributed by atoms with E-state index in [0.717, 1.165) is 12.0 Å². The summed E-state index contributed by atoms with van der Waals surface area (Å²) < 4.78 is 36.9. The summed E-state index contributed by atoms with van der Waals surface area (Å²) in [7, 11) is 3.21. The van der Waals surface area contributed by atoms with Gasteiger partial charge < -0.3 is 9.47 Å². The predicted molar refractivity (Wildman–Crippen MR) is 82.9 cm³/mol. The lowest BCUT2D eigenvalue weighted by atomic mass is 9.83. The van der Waals surface area contributed by atoms with Gasteiger partial charge in [-0.2, -0.15) is 0 Å². The van der Waals surface area contributed by atoms with Crippen molar-refractivity contribution in [1.29, 1.82) is 0 Å². The number of rotatable bonds is 5. The first kappa shape index (κ1) is 16.5. The smallest absolute Gasteiger partial charge is 0.248 e.